The van der Waals surface area contributed by atoms with Crippen molar-refractivity contribution in [3.8, 4) is 23.3 Å². The van der Waals surface area contributed by atoms with E-state index in [-0.39, 0.29) is 43.3 Å². The molecular formula is C36H38ClF2N7O3. The molecule has 2 aromatic heterocycles. The van der Waals surface area contributed by atoms with E-state index in [4.69, 9.17) is 26.1 Å². The Morgan fingerprint density at radius 2 is 1.94 bits per heavy atom. The van der Waals surface area contributed by atoms with Gasteiger partial charge in [0.25, 0.3) is 0 Å². The third kappa shape index (κ3) is 6.30. The van der Waals surface area contributed by atoms with Crippen molar-refractivity contribution in [1.82, 2.24) is 24.8 Å². The molecule has 3 aliphatic rings. The molecule has 5 heterocycles. The second kappa shape index (κ2) is 12.8. The summed E-state index contributed by atoms with van der Waals surface area (Å²) in [6.07, 6.45) is 2.26. The monoisotopic (exact) mass is 689 g/mol. The highest BCUT2D eigenvalue weighted by Gasteiger charge is 2.49. The van der Waals surface area contributed by atoms with Crippen molar-refractivity contribution in [3.05, 3.63) is 53.4 Å². The van der Waals surface area contributed by atoms with Crippen molar-refractivity contribution in [3.63, 3.8) is 0 Å². The summed E-state index contributed by atoms with van der Waals surface area (Å²) in [4.78, 5) is 32.7. The molecule has 0 spiro atoms. The molecule has 256 valence electrons. The van der Waals surface area contributed by atoms with Crippen LogP contribution < -0.4 is 9.64 Å². The third-order valence-corrected chi connectivity index (χ3v) is 10.0. The zero-order valence-electron chi connectivity index (χ0n) is 27.8. The van der Waals surface area contributed by atoms with Gasteiger partial charge in [-0.2, -0.15) is 15.2 Å². The minimum atomic E-state index is -0.936. The topological polar surface area (TPSA) is 108 Å². The van der Waals surface area contributed by atoms with Crippen molar-refractivity contribution < 1.29 is 23.0 Å². The number of hydrogen-bond donors (Lipinski definition) is 0. The third-order valence-electron chi connectivity index (χ3n) is 9.72. The number of carbonyl (C=O) groups is 1. The molecule has 7 rings (SSSR count). The van der Waals surface area contributed by atoms with E-state index in [1.54, 1.807) is 44.0 Å². The number of amides is 1. The number of carbonyl (C=O) groups excluding carboxylic acids is 1. The summed E-state index contributed by atoms with van der Waals surface area (Å²) in [5.74, 6) is -0.291. The van der Waals surface area contributed by atoms with E-state index >= 15 is 4.39 Å². The maximum absolute atomic E-state index is 16.8. The van der Waals surface area contributed by atoms with Crippen molar-refractivity contribution >= 4 is 45.2 Å². The van der Waals surface area contributed by atoms with Gasteiger partial charge in [-0.15, -0.1) is 0 Å². The molecular weight excluding hydrogens is 652 g/mol. The minimum Gasteiger partial charge on any atom is -0.461 e. The number of aromatic nitrogens is 3. The molecule has 13 heteroatoms. The van der Waals surface area contributed by atoms with Crippen LogP contribution in [0.2, 0.25) is 5.02 Å². The Hall–Kier alpha value is -4.34. The van der Waals surface area contributed by atoms with Crippen LogP contribution in [0.15, 0.2) is 42.6 Å². The molecule has 3 fully saturated rings. The zero-order chi connectivity index (χ0) is 34.5. The quantitative estimate of drug-likeness (QED) is 0.213. The second-order valence-corrected chi connectivity index (χ2v) is 14.6. The predicted octanol–water partition coefficient (Wildman–Crippen LogP) is 6.93. The molecule has 3 atom stereocenters. The molecule has 0 aliphatic carbocycles. The SMILES string of the molecule is CC(C)(C)OC(=O)N1CCN(c2nc(OC[C@@]34CCCN3C[C@H](F)C4)nc3c(F)c(-c4cccc5cccc(Cl)c45)ncc23)C[C@@H]1CC#N. The Balaban J connectivity index is 1.30. The summed E-state index contributed by atoms with van der Waals surface area (Å²) in [6.45, 7) is 7.53. The first-order valence-electron chi connectivity index (χ1n) is 16.6. The number of rotatable bonds is 6. The van der Waals surface area contributed by atoms with Gasteiger partial charge in [0.05, 0.1) is 29.5 Å². The van der Waals surface area contributed by atoms with Gasteiger partial charge in [-0.1, -0.05) is 41.9 Å². The van der Waals surface area contributed by atoms with E-state index < -0.39 is 35.3 Å². The molecule has 0 N–H and O–H groups in total. The lowest BCUT2D eigenvalue weighted by molar-refractivity contribution is 0.0145. The Labute approximate surface area is 288 Å². The number of anilines is 1. The van der Waals surface area contributed by atoms with Crippen LogP contribution in [0.4, 0.5) is 19.4 Å². The van der Waals surface area contributed by atoms with Crippen LogP contribution in [-0.2, 0) is 4.74 Å². The van der Waals surface area contributed by atoms with Gasteiger partial charge >= 0.3 is 12.1 Å². The lowest BCUT2D eigenvalue weighted by Crippen LogP contribution is -2.56. The molecule has 2 aromatic carbocycles. The minimum absolute atomic E-state index is 0.0102. The van der Waals surface area contributed by atoms with Crippen LogP contribution >= 0.6 is 11.6 Å². The highest BCUT2D eigenvalue weighted by molar-refractivity contribution is 6.36. The van der Waals surface area contributed by atoms with Gasteiger partial charge < -0.3 is 19.3 Å². The number of halogens is 3. The summed E-state index contributed by atoms with van der Waals surface area (Å²) in [6, 6.07) is 12.6. The summed E-state index contributed by atoms with van der Waals surface area (Å²) in [5, 5.41) is 12.0. The zero-order valence-corrected chi connectivity index (χ0v) is 28.5. The van der Waals surface area contributed by atoms with E-state index in [0.29, 0.717) is 46.7 Å². The predicted molar refractivity (Wildman–Crippen MR) is 183 cm³/mol. The molecule has 1 amide bonds. The van der Waals surface area contributed by atoms with E-state index in [1.165, 1.54) is 0 Å². The Morgan fingerprint density at radius 1 is 1.14 bits per heavy atom. The molecule has 49 heavy (non-hydrogen) atoms. The summed E-state index contributed by atoms with van der Waals surface area (Å²) in [7, 11) is 0. The average Bonchev–Trinajstić information content (AvgIpc) is 3.58. The van der Waals surface area contributed by atoms with Gasteiger partial charge in [0.15, 0.2) is 5.82 Å². The van der Waals surface area contributed by atoms with Crippen LogP contribution in [-0.4, -0.2) is 93.5 Å². The molecule has 4 aromatic rings. The number of nitriles is 1. The second-order valence-electron chi connectivity index (χ2n) is 14.2. The first kappa shape index (κ1) is 33.2. The Morgan fingerprint density at radius 3 is 2.71 bits per heavy atom. The van der Waals surface area contributed by atoms with Gasteiger partial charge in [0.1, 0.15) is 35.4 Å². The smallest absolute Gasteiger partial charge is 0.410 e. The van der Waals surface area contributed by atoms with Crippen molar-refractivity contribution in [2.45, 2.75) is 69.8 Å². The first-order valence-corrected chi connectivity index (χ1v) is 17.0. The Kier molecular flexibility index (Phi) is 8.69. The van der Waals surface area contributed by atoms with Crippen molar-refractivity contribution in [1.29, 1.82) is 5.26 Å². The van der Waals surface area contributed by atoms with Crippen molar-refractivity contribution in [2.75, 3.05) is 44.2 Å². The number of ether oxygens (including phenoxy) is 2. The maximum atomic E-state index is 16.8. The van der Waals surface area contributed by atoms with Gasteiger partial charge in [0, 0.05) is 54.8 Å². The van der Waals surface area contributed by atoms with E-state index in [0.717, 1.165) is 24.8 Å². The van der Waals surface area contributed by atoms with Crippen LogP contribution in [0, 0.1) is 17.1 Å². The fourth-order valence-electron chi connectivity index (χ4n) is 7.54. The lowest BCUT2D eigenvalue weighted by atomic mass is 9.95. The summed E-state index contributed by atoms with van der Waals surface area (Å²) in [5.41, 5.74) is -0.556. The number of pyridine rings is 1. The largest absolute Gasteiger partial charge is 0.461 e. The van der Waals surface area contributed by atoms with E-state index in [2.05, 4.69) is 20.9 Å². The maximum Gasteiger partial charge on any atom is 0.410 e. The molecule has 0 saturated carbocycles. The average molecular weight is 690 g/mol. The normalized spacial score (nSPS) is 22.8. The number of hydrogen-bond acceptors (Lipinski definition) is 9. The Bertz CT molecular complexity index is 1960. The van der Waals surface area contributed by atoms with Crippen LogP contribution in [0.25, 0.3) is 32.9 Å². The van der Waals surface area contributed by atoms with E-state index in [9.17, 15) is 14.4 Å². The standard InChI is InChI=1S/C36H38ClF2N7O3/c1-35(2,3)49-34(47)46-16-15-44(20-24(46)11-13-40)32-26-18-41-30(25-9-4-7-22-8-5-10-27(37)28(22)25)29(39)31(26)42-33(43-32)48-21-36-12-6-14-45(36)19-23(38)17-36/h4-5,7-10,18,23-24H,6,11-12,14-17,19-21H2,1-3H3/t23-,24+,36+/m1/s1. The molecule has 3 aliphatic heterocycles. The summed E-state index contributed by atoms with van der Waals surface area (Å²) >= 11 is 6.61. The number of fused-ring (bicyclic) bond motifs is 3. The number of alkyl halides is 1. The number of benzene rings is 2. The fraction of sp³-hybridized carbons (Fsp3) is 0.472. The highest BCUT2D eigenvalue weighted by Crippen LogP contribution is 2.41. The van der Waals surface area contributed by atoms with Crippen molar-refractivity contribution in [2.24, 2.45) is 0 Å². The van der Waals surface area contributed by atoms with E-state index in [1.807, 2.05) is 29.2 Å². The molecule has 0 unspecified atom stereocenters. The molecule has 0 bridgehead atoms. The van der Waals surface area contributed by atoms with Gasteiger partial charge in [-0.05, 0) is 51.6 Å². The number of nitrogens with zero attached hydrogens (tertiary/aromatic N) is 7. The lowest BCUT2D eigenvalue weighted by Gasteiger charge is -2.41. The fourth-order valence-corrected chi connectivity index (χ4v) is 7.83. The van der Waals surface area contributed by atoms with Gasteiger partial charge in [0.2, 0.25) is 0 Å². The first-order chi connectivity index (χ1) is 23.5. The van der Waals surface area contributed by atoms with Gasteiger partial charge in [-0.25, -0.2) is 13.6 Å². The molecule has 0 radical (unpaired) electrons. The van der Waals surface area contributed by atoms with Gasteiger partial charge in [-0.3, -0.25) is 9.88 Å². The summed E-state index contributed by atoms with van der Waals surface area (Å²) < 4.78 is 43.3. The molecule has 3 saturated heterocycles. The highest BCUT2D eigenvalue weighted by atomic mass is 35.5. The molecule has 10 nitrogen and oxygen atoms in total. The van der Waals surface area contributed by atoms with Crippen LogP contribution in [0.5, 0.6) is 6.01 Å². The number of piperazine rings is 1. The van der Waals surface area contributed by atoms with Crippen LogP contribution in [0.1, 0.15) is 46.5 Å². The van der Waals surface area contributed by atoms with Crippen LogP contribution in [0.3, 0.4) is 0 Å².